The first-order valence-corrected chi connectivity index (χ1v) is 35.5. The van der Waals surface area contributed by atoms with Crippen molar-refractivity contribution in [3.8, 4) is 5.69 Å². The number of rotatable bonds is 30. The number of anilines is 1. The van der Waals surface area contributed by atoms with E-state index < -0.39 is 119 Å². The summed E-state index contributed by atoms with van der Waals surface area (Å²) in [6.45, 7) is 10.7. The molecule has 5 amide bonds. The first-order valence-electron chi connectivity index (χ1n) is 32.7. The lowest BCUT2D eigenvalue weighted by molar-refractivity contribution is -0.201. The number of fused-ring (bicyclic) bond motifs is 6. The van der Waals surface area contributed by atoms with Crippen LogP contribution in [0.25, 0.3) is 5.69 Å². The molecule has 1 heterocycles. The summed E-state index contributed by atoms with van der Waals surface area (Å²) in [7, 11) is -4.01. The van der Waals surface area contributed by atoms with Crippen molar-refractivity contribution in [1.82, 2.24) is 30.9 Å². The summed E-state index contributed by atoms with van der Waals surface area (Å²) in [5, 5.41) is 31.2. The van der Waals surface area contributed by atoms with Crippen molar-refractivity contribution < 1.29 is 70.9 Å². The Morgan fingerprint density at radius 3 is 2.33 bits per heavy atom. The van der Waals surface area contributed by atoms with E-state index >= 15 is 4.39 Å². The number of aliphatic hydroxyl groups excluding tert-OH is 1. The van der Waals surface area contributed by atoms with Crippen LogP contribution in [0.3, 0.4) is 0 Å². The minimum atomic E-state index is -4.01. The number of aliphatic hydroxyl groups is 1. The van der Waals surface area contributed by atoms with E-state index in [1.54, 1.807) is 51.1 Å². The molecule has 0 aliphatic heterocycles. The SMILES string of the molecule is CCc1ccc(-n2nnc3c2CCCCCC3OCC(=O)NC(C(=O)NC(CCCNC(N)=O)C(=O)Nc2ccc(COP(=O)(O)CCCCCCCCC(=O)O[C@]3(C(=O)SCF)[C@H](C)C[C@H]4[C@@H]5C[C@H](F)C6=CC(=O)C=C[C@]6(C)C5[C@@H](O)C[C@@]43C)cc2)C(C)C)cc1. The Morgan fingerprint density at radius 1 is 0.924 bits per heavy atom. The molecule has 504 valence electrons. The van der Waals surface area contributed by atoms with Gasteiger partial charge in [-0.25, -0.2) is 18.3 Å². The van der Waals surface area contributed by atoms with Crippen molar-refractivity contribution in [2.75, 3.05) is 30.6 Å². The van der Waals surface area contributed by atoms with Crippen LogP contribution in [0.5, 0.6) is 0 Å². The molecule has 2 aromatic carbocycles. The molecule has 0 bridgehead atoms. The van der Waals surface area contributed by atoms with Crippen molar-refractivity contribution in [3.05, 3.63) is 94.8 Å². The number of benzene rings is 2. The molecular weight excluding hydrogens is 1230 g/mol. The molecule has 0 radical (unpaired) electrons. The van der Waals surface area contributed by atoms with Crippen molar-refractivity contribution in [2.24, 2.45) is 46.2 Å². The fourth-order valence-corrected chi connectivity index (χ4v) is 17.0. The molecule has 0 saturated heterocycles. The van der Waals surface area contributed by atoms with E-state index in [-0.39, 0.29) is 69.7 Å². The minimum absolute atomic E-state index is 0.0113. The highest BCUT2D eigenvalue weighted by Crippen LogP contribution is 2.70. The van der Waals surface area contributed by atoms with E-state index in [0.29, 0.717) is 85.6 Å². The summed E-state index contributed by atoms with van der Waals surface area (Å²) in [5.41, 5.74) is 6.45. The van der Waals surface area contributed by atoms with Crippen LogP contribution >= 0.6 is 19.4 Å². The molecule has 0 spiro atoms. The molecule has 21 nitrogen and oxygen atoms in total. The molecule has 5 aliphatic carbocycles. The summed E-state index contributed by atoms with van der Waals surface area (Å²) < 4.78 is 62.9. The average molecular weight is 1320 g/mol. The predicted octanol–water partition coefficient (Wildman–Crippen LogP) is 10.1. The zero-order valence-electron chi connectivity index (χ0n) is 53.8. The molecule has 92 heavy (non-hydrogen) atoms. The van der Waals surface area contributed by atoms with Crippen LogP contribution < -0.4 is 27.0 Å². The van der Waals surface area contributed by atoms with E-state index in [0.717, 1.165) is 43.5 Å². The van der Waals surface area contributed by atoms with Gasteiger partial charge >= 0.3 is 19.6 Å². The summed E-state index contributed by atoms with van der Waals surface area (Å²) in [6.07, 6.45) is 10.9. The number of nitrogens with zero attached hydrogens (tertiary/aromatic N) is 3. The van der Waals surface area contributed by atoms with Crippen molar-refractivity contribution >= 4 is 65.7 Å². The number of ether oxygens (including phenoxy) is 2. The van der Waals surface area contributed by atoms with Crippen molar-refractivity contribution in [3.63, 3.8) is 0 Å². The molecule has 13 atom stereocenters. The summed E-state index contributed by atoms with van der Waals surface area (Å²) >= 11 is 0.443. The van der Waals surface area contributed by atoms with Gasteiger partial charge in [-0.2, -0.15) is 0 Å². The fraction of sp³-hybridized carbons (Fsp3) is 0.627. The highest BCUT2D eigenvalue weighted by molar-refractivity contribution is 8.13. The number of esters is 1. The molecule has 5 aliphatic rings. The number of carbonyl (C=O) groups excluding carboxylic acids is 7. The van der Waals surface area contributed by atoms with Gasteiger partial charge in [-0.15, -0.1) is 5.10 Å². The number of unbranched alkanes of at least 4 members (excludes halogenated alkanes) is 5. The third kappa shape index (κ3) is 16.8. The van der Waals surface area contributed by atoms with E-state index in [9.17, 15) is 52.5 Å². The lowest BCUT2D eigenvalue weighted by Crippen LogP contribution is -2.64. The molecule has 3 fully saturated rings. The lowest BCUT2D eigenvalue weighted by Gasteiger charge is -2.60. The molecule has 8 rings (SSSR count). The molecule has 8 N–H and O–H groups in total. The number of nitrogens with one attached hydrogen (secondary N) is 4. The third-order valence-corrected chi connectivity index (χ3v) is 21.9. The number of amides is 5. The van der Waals surface area contributed by atoms with Gasteiger partial charge in [-0.05, 0) is 153 Å². The zero-order valence-corrected chi connectivity index (χ0v) is 55.5. The number of carbonyl (C=O) groups is 7. The van der Waals surface area contributed by atoms with Gasteiger partial charge in [0.05, 0.1) is 24.1 Å². The first kappa shape index (κ1) is 71.7. The second-order valence-corrected chi connectivity index (χ2v) is 29.3. The molecule has 5 unspecified atom stereocenters. The van der Waals surface area contributed by atoms with Gasteiger partial charge in [0.15, 0.2) is 11.4 Å². The van der Waals surface area contributed by atoms with Crippen molar-refractivity contribution in [1.29, 1.82) is 0 Å². The number of allylic oxidation sites excluding steroid dienone is 4. The van der Waals surface area contributed by atoms with E-state index in [1.807, 2.05) is 30.7 Å². The van der Waals surface area contributed by atoms with E-state index in [1.165, 1.54) is 17.7 Å². The number of hydrogen-bond donors (Lipinski definition) is 7. The summed E-state index contributed by atoms with van der Waals surface area (Å²) in [6, 6.07) is 10.7. The fourth-order valence-electron chi connectivity index (χ4n) is 15.1. The number of urea groups is 1. The number of aryl methyl sites for hydroxylation is 1. The monoisotopic (exact) mass is 1320 g/mol. The molecular formula is C67H93F2N8O13PS. The number of halogens is 2. The highest BCUT2D eigenvalue weighted by Gasteiger charge is 2.73. The summed E-state index contributed by atoms with van der Waals surface area (Å²) in [4.78, 5) is 104. The van der Waals surface area contributed by atoms with Gasteiger partial charge in [0.2, 0.25) is 22.8 Å². The highest BCUT2D eigenvalue weighted by atomic mass is 32.2. The van der Waals surface area contributed by atoms with Gasteiger partial charge in [0, 0.05) is 47.5 Å². The van der Waals surface area contributed by atoms with Gasteiger partial charge in [0.25, 0.3) is 0 Å². The Bertz CT molecular complexity index is 3220. The van der Waals surface area contributed by atoms with E-state index in [2.05, 4.69) is 50.6 Å². The van der Waals surface area contributed by atoms with Gasteiger partial charge in [-0.3, -0.25) is 33.3 Å². The van der Waals surface area contributed by atoms with Gasteiger partial charge in [-0.1, -0.05) is 116 Å². The van der Waals surface area contributed by atoms with E-state index in [4.69, 9.17) is 19.7 Å². The van der Waals surface area contributed by atoms with Crippen LogP contribution in [0.4, 0.5) is 19.3 Å². The number of hydrogen-bond acceptors (Lipinski definition) is 15. The second-order valence-electron chi connectivity index (χ2n) is 26.4. The largest absolute Gasteiger partial charge is 0.449 e. The minimum Gasteiger partial charge on any atom is -0.449 e. The maximum Gasteiger partial charge on any atom is 0.328 e. The van der Waals surface area contributed by atoms with Gasteiger partial charge < -0.3 is 51.0 Å². The Balaban J connectivity index is 0.764. The summed E-state index contributed by atoms with van der Waals surface area (Å²) in [5.74, 6) is -4.74. The number of primary amides is 1. The quantitative estimate of drug-likeness (QED) is 0.0185. The maximum atomic E-state index is 16.1. The smallest absolute Gasteiger partial charge is 0.328 e. The lowest BCUT2D eigenvalue weighted by atomic mass is 9.46. The topological polar surface area (TPSA) is 310 Å². The standard InChI is InChI=1S/C67H93F2N8O13PS/c1-7-43-24-28-46(29-25-43)77-53-19-13-12-14-20-55(60(53)75-76-77)88-39-56(80)74-59(41(2)3)62(83)73-52(18-17-32-71-64(70)85)61(82)72-45-26-22-44(23-27-45)38-89-91(86,87)33-16-11-9-8-10-15-21-57(81)90-67(63(84)92-40-68)42(4)34-49-48-36-51(69)50-35-47(78)30-31-65(50,5)58(48)54(79)37-66(49,67)6/h22-31,35,41-42,48-49,51-52,54-55,58-59,79H,7-21,32-34,36-40H2,1-6H3,(H,72,82)(H,73,83)(H,74,80)(H,86,87)(H3,70,71,85)/t42-,48+,49+,51+,52?,54+,55?,58?,59?,65+,66+,67+/m1/s1. The Labute approximate surface area is 542 Å². The van der Waals surface area contributed by atoms with Crippen LogP contribution in [0.2, 0.25) is 0 Å². The maximum absolute atomic E-state index is 16.1. The van der Waals surface area contributed by atoms with Crippen LogP contribution in [0.15, 0.2) is 72.3 Å². The number of thioether (sulfide) groups is 1. The Morgan fingerprint density at radius 2 is 1.63 bits per heavy atom. The predicted molar refractivity (Wildman–Crippen MR) is 344 cm³/mol. The van der Waals surface area contributed by atoms with Crippen LogP contribution in [-0.4, -0.2) is 121 Å². The number of aromatic nitrogens is 3. The van der Waals surface area contributed by atoms with Crippen LogP contribution in [-0.2, 0) is 66.8 Å². The number of alkyl halides is 2. The Kier molecular flexibility index (Phi) is 24.8. The second kappa shape index (κ2) is 31.8. The van der Waals surface area contributed by atoms with Crippen LogP contribution in [0, 0.1) is 40.4 Å². The number of nitrogens with two attached hydrogens (primary N) is 1. The normalized spacial score (nSPS) is 27.1. The average Bonchev–Trinajstić information content (AvgIpc) is 1.30. The first-order chi connectivity index (χ1) is 43.8. The molecule has 3 saturated carbocycles. The molecule has 25 heteroatoms. The Hall–Kier alpha value is -6.17. The molecule has 1 aromatic heterocycles. The zero-order chi connectivity index (χ0) is 66.5. The van der Waals surface area contributed by atoms with Crippen molar-refractivity contribution in [2.45, 2.75) is 200 Å². The molecule has 3 aromatic rings. The van der Waals surface area contributed by atoms with Crippen LogP contribution in [0.1, 0.15) is 173 Å². The number of ketones is 1. The van der Waals surface area contributed by atoms with Gasteiger partial charge in [0.1, 0.15) is 42.7 Å². The third-order valence-electron chi connectivity index (χ3n) is 19.9.